The molecule has 4 heteroatoms. The average molecular weight is 276 g/mol. The molecule has 0 spiro atoms. The van der Waals surface area contributed by atoms with E-state index in [1.165, 1.54) is 0 Å². The number of hydrogen-bond acceptors (Lipinski definition) is 3. The molecule has 0 saturated carbocycles. The summed E-state index contributed by atoms with van der Waals surface area (Å²) in [5.74, 6) is 0.416. The van der Waals surface area contributed by atoms with Gasteiger partial charge in [0.15, 0.2) is 0 Å². The highest BCUT2D eigenvalue weighted by atomic mass is 16.3. The number of likely N-dealkylation sites (tertiary alicyclic amines) is 1. The molecular formula is C16H24N2O2. The van der Waals surface area contributed by atoms with E-state index in [0.717, 1.165) is 43.5 Å². The molecule has 1 fully saturated rings. The molecule has 0 bridgehead atoms. The molecule has 4 nitrogen and oxygen atoms in total. The smallest absolute Gasteiger partial charge is 0.253 e. The van der Waals surface area contributed by atoms with Crippen LogP contribution in [-0.2, 0) is 6.42 Å². The second-order valence-corrected chi connectivity index (χ2v) is 5.61. The van der Waals surface area contributed by atoms with Gasteiger partial charge in [0.1, 0.15) is 0 Å². The third-order valence-corrected chi connectivity index (χ3v) is 4.14. The van der Waals surface area contributed by atoms with Crippen LogP contribution in [0.15, 0.2) is 24.3 Å². The van der Waals surface area contributed by atoms with Crippen molar-refractivity contribution in [1.82, 2.24) is 4.90 Å². The van der Waals surface area contributed by atoms with Crippen molar-refractivity contribution in [2.45, 2.75) is 32.3 Å². The number of benzene rings is 1. The molecule has 3 N–H and O–H groups in total. The topological polar surface area (TPSA) is 66.6 Å². The van der Waals surface area contributed by atoms with Crippen LogP contribution in [0.25, 0.3) is 0 Å². The van der Waals surface area contributed by atoms with Crippen LogP contribution in [0.2, 0.25) is 0 Å². The molecule has 20 heavy (non-hydrogen) atoms. The number of hydrogen-bond donors (Lipinski definition) is 2. The fraction of sp³-hybridized carbons (Fsp3) is 0.562. The summed E-state index contributed by atoms with van der Waals surface area (Å²) in [5.41, 5.74) is 7.42. The molecule has 1 aromatic carbocycles. The Kier molecular flexibility index (Phi) is 5.15. The van der Waals surface area contributed by atoms with Crippen LogP contribution in [0.3, 0.4) is 0 Å². The minimum Gasteiger partial charge on any atom is -0.393 e. The number of aliphatic hydroxyl groups excluding tert-OH is 1. The van der Waals surface area contributed by atoms with E-state index < -0.39 is 0 Å². The van der Waals surface area contributed by atoms with Gasteiger partial charge in [-0.3, -0.25) is 4.79 Å². The number of rotatable bonds is 4. The Morgan fingerprint density at radius 1 is 1.35 bits per heavy atom. The molecule has 1 aliphatic rings. The number of carbonyl (C=O) groups excluding carboxylic acids is 1. The quantitative estimate of drug-likeness (QED) is 0.874. The number of nitrogens with two attached hydrogens (primary N) is 1. The Morgan fingerprint density at radius 3 is 2.45 bits per heavy atom. The van der Waals surface area contributed by atoms with E-state index in [1.807, 2.05) is 36.1 Å². The van der Waals surface area contributed by atoms with Gasteiger partial charge >= 0.3 is 0 Å². The van der Waals surface area contributed by atoms with Gasteiger partial charge in [0.2, 0.25) is 0 Å². The van der Waals surface area contributed by atoms with Crippen LogP contribution >= 0.6 is 0 Å². The van der Waals surface area contributed by atoms with Gasteiger partial charge in [0, 0.05) is 18.7 Å². The van der Waals surface area contributed by atoms with Crippen molar-refractivity contribution in [2.75, 3.05) is 19.6 Å². The number of nitrogens with zero attached hydrogens (tertiary/aromatic N) is 1. The zero-order chi connectivity index (χ0) is 14.5. The lowest BCUT2D eigenvalue weighted by Crippen LogP contribution is -2.40. The predicted molar refractivity (Wildman–Crippen MR) is 79.5 cm³/mol. The second-order valence-electron chi connectivity index (χ2n) is 5.61. The van der Waals surface area contributed by atoms with Crippen LogP contribution in [0.4, 0.5) is 0 Å². The fourth-order valence-electron chi connectivity index (χ4n) is 2.75. The van der Waals surface area contributed by atoms with Gasteiger partial charge in [-0.05, 0) is 56.3 Å². The van der Waals surface area contributed by atoms with Crippen molar-refractivity contribution in [2.24, 2.45) is 11.7 Å². The molecule has 0 radical (unpaired) electrons. The first-order valence-corrected chi connectivity index (χ1v) is 7.38. The highest BCUT2D eigenvalue weighted by Crippen LogP contribution is 2.22. The second kappa shape index (κ2) is 6.86. The lowest BCUT2D eigenvalue weighted by atomic mass is 9.92. The first kappa shape index (κ1) is 15.0. The Labute approximate surface area is 120 Å². The minimum atomic E-state index is -0.275. The summed E-state index contributed by atoms with van der Waals surface area (Å²) in [4.78, 5) is 14.3. The molecule has 110 valence electrons. The lowest BCUT2D eigenvalue weighted by Gasteiger charge is -2.33. The van der Waals surface area contributed by atoms with Gasteiger partial charge in [0.25, 0.3) is 5.91 Å². The number of carbonyl (C=O) groups is 1. The van der Waals surface area contributed by atoms with Gasteiger partial charge in [-0.25, -0.2) is 0 Å². The van der Waals surface area contributed by atoms with Crippen molar-refractivity contribution >= 4 is 5.91 Å². The summed E-state index contributed by atoms with van der Waals surface area (Å²) in [5, 5.41) is 9.59. The van der Waals surface area contributed by atoms with E-state index >= 15 is 0 Å². The summed E-state index contributed by atoms with van der Waals surface area (Å²) in [7, 11) is 0. The largest absolute Gasteiger partial charge is 0.393 e. The van der Waals surface area contributed by atoms with E-state index in [0.29, 0.717) is 12.5 Å². The van der Waals surface area contributed by atoms with Gasteiger partial charge < -0.3 is 15.7 Å². The SMILES string of the molecule is CC(O)C1CCN(C(=O)c2ccc(CCN)cc2)CC1. The molecule has 0 aromatic heterocycles. The normalized spacial score (nSPS) is 18.1. The summed E-state index contributed by atoms with van der Waals surface area (Å²) in [6.07, 6.45) is 2.33. The first-order chi connectivity index (χ1) is 9.61. The molecule has 1 unspecified atom stereocenters. The average Bonchev–Trinajstić information content (AvgIpc) is 2.48. The lowest BCUT2D eigenvalue weighted by molar-refractivity contribution is 0.0521. The Bertz CT molecular complexity index is 434. The van der Waals surface area contributed by atoms with Crippen LogP contribution in [0.5, 0.6) is 0 Å². The highest BCUT2D eigenvalue weighted by Gasteiger charge is 2.25. The number of amides is 1. The maximum absolute atomic E-state index is 12.4. The third-order valence-electron chi connectivity index (χ3n) is 4.14. The summed E-state index contributed by atoms with van der Waals surface area (Å²) in [6.45, 7) is 3.93. The maximum Gasteiger partial charge on any atom is 0.253 e. The molecule has 1 amide bonds. The first-order valence-electron chi connectivity index (χ1n) is 7.38. The van der Waals surface area contributed by atoms with Crippen LogP contribution in [0, 0.1) is 5.92 Å². The molecule has 1 heterocycles. The van der Waals surface area contributed by atoms with E-state index in [-0.39, 0.29) is 12.0 Å². The van der Waals surface area contributed by atoms with Crippen molar-refractivity contribution < 1.29 is 9.90 Å². The molecule has 1 aromatic rings. The van der Waals surface area contributed by atoms with Crippen LogP contribution in [-0.4, -0.2) is 41.7 Å². The van der Waals surface area contributed by atoms with E-state index in [1.54, 1.807) is 0 Å². The molecular weight excluding hydrogens is 252 g/mol. The molecule has 1 saturated heterocycles. The number of aliphatic hydroxyl groups is 1. The van der Waals surface area contributed by atoms with Crippen molar-refractivity contribution in [3.05, 3.63) is 35.4 Å². The monoisotopic (exact) mass is 276 g/mol. The highest BCUT2D eigenvalue weighted by molar-refractivity contribution is 5.94. The Hall–Kier alpha value is -1.39. The zero-order valence-electron chi connectivity index (χ0n) is 12.1. The zero-order valence-corrected chi connectivity index (χ0v) is 12.1. The van der Waals surface area contributed by atoms with Crippen molar-refractivity contribution in [3.63, 3.8) is 0 Å². The fourth-order valence-corrected chi connectivity index (χ4v) is 2.75. The standard InChI is InChI=1S/C16H24N2O2/c1-12(19)14-7-10-18(11-8-14)16(20)15-4-2-13(3-5-15)6-9-17/h2-5,12,14,19H,6-11,17H2,1H3. The van der Waals surface area contributed by atoms with Crippen LogP contribution in [0.1, 0.15) is 35.7 Å². The van der Waals surface area contributed by atoms with Gasteiger partial charge in [0.05, 0.1) is 6.10 Å². The van der Waals surface area contributed by atoms with Gasteiger partial charge in [-0.15, -0.1) is 0 Å². The Morgan fingerprint density at radius 2 is 1.95 bits per heavy atom. The Balaban J connectivity index is 1.94. The predicted octanol–water partition coefficient (Wildman–Crippen LogP) is 1.42. The van der Waals surface area contributed by atoms with E-state index in [4.69, 9.17) is 5.73 Å². The van der Waals surface area contributed by atoms with Gasteiger partial charge in [-0.1, -0.05) is 12.1 Å². The number of piperidine rings is 1. The molecule has 1 atom stereocenters. The minimum absolute atomic E-state index is 0.0911. The molecule has 1 aliphatic heterocycles. The third kappa shape index (κ3) is 3.58. The van der Waals surface area contributed by atoms with E-state index in [9.17, 15) is 9.90 Å². The molecule has 0 aliphatic carbocycles. The van der Waals surface area contributed by atoms with E-state index in [2.05, 4.69) is 0 Å². The van der Waals surface area contributed by atoms with Crippen molar-refractivity contribution in [1.29, 1.82) is 0 Å². The van der Waals surface area contributed by atoms with Crippen molar-refractivity contribution in [3.8, 4) is 0 Å². The molecule has 2 rings (SSSR count). The van der Waals surface area contributed by atoms with Gasteiger partial charge in [-0.2, -0.15) is 0 Å². The maximum atomic E-state index is 12.4. The van der Waals surface area contributed by atoms with Crippen LogP contribution < -0.4 is 5.73 Å². The summed E-state index contributed by atoms with van der Waals surface area (Å²) < 4.78 is 0. The summed E-state index contributed by atoms with van der Waals surface area (Å²) in [6, 6.07) is 7.72. The summed E-state index contributed by atoms with van der Waals surface area (Å²) >= 11 is 0.